The molecule has 21 nitrogen and oxygen atoms in total. The van der Waals surface area contributed by atoms with Crippen LogP contribution in [0.2, 0.25) is 0 Å². The van der Waals surface area contributed by atoms with Crippen LogP contribution in [0.3, 0.4) is 0 Å². The first-order valence-corrected chi connectivity index (χ1v) is 11.2. The summed E-state index contributed by atoms with van der Waals surface area (Å²) in [6.07, 6.45) is -3.69. The second kappa shape index (κ2) is 19.7. The fourth-order valence-electron chi connectivity index (χ4n) is 0.733. The summed E-state index contributed by atoms with van der Waals surface area (Å²) in [5.41, 5.74) is 0. The fourth-order valence-corrected chi connectivity index (χ4v) is 1.13. The van der Waals surface area contributed by atoms with Crippen molar-refractivity contribution in [2.75, 3.05) is 13.2 Å². The molecule has 0 heterocycles. The molecule has 0 bridgehead atoms. The van der Waals surface area contributed by atoms with Crippen LogP contribution >= 0.6 is 0 Å². The van der Waals surface area contributed by atoms with E-state index in [9.17, 15) is 8.42 Å². The molecule has 0 amide bonds. The van der Waals surface area contributed by atoms with Gasteiger partial charge in [0.2, 0.25) is 0 Å². The van der Waals surface area contributed by atoms with Crippen molar-refractivity contribution in [3.8, 4) is 0 Å². The summed E-state index contributed by atoms with van der Waals surface area (Å²) in [5.74, 6) is -1.43. The summed E-state index contributed by atoms with van der Waals surface area (Å²) >= 11 is 0. The van der Waals surface area contributed by atoms with Gasteiger partial charge in [0.25, 0.3) is 0 Å². The van der Waals surface area contributed by atoms with E-state index >= 15 is 0 Å². The topological polar surface area (TPSA) is 398 Å². The number of hydrogen-bond acceptors (Lipinski definition) is 14. The second-order valence-electron chi connectivity index (χ2n) is 3.85. The van der Waals surface area contributed by atoms with Gasteiger partial charge in [0, 0.05) is 0 Å². The van der Waals surface area contributed by atoms with Gasteiger partial charge >= 0.3 is 71.2 Å². The maximum absolute atomic E-state index is 10.1. The first-order valence-electron chi connectivity index (χ1n) is 5.65. The van der Waals surface area contributed by atoms with E-state index in [0.29, 0.717) is 0 Å². The van der Waals surface area contributed by atoms with Crippen LogP contribution in [0.15, 0.2) is 0 Å². The van der Waals surface area contributed by atoms with E-state index in [1.165, 1.54) is 0 Å². The predicted molar refractivity (Wildman–Crippen MR) is 86.8 cm³/mol. The van der Waals surface area contributed by atoms with Gasteiger partial charge in [0.05, 0.1) is 25.2 Å². The molecule has 3 unspecified atom stereocenters. The maximum Gasteiger partial charge on any atom is 1.00 e. The molecule has 0 aliphatic carbocycles. The number of aliphatic hydroxyl groups is 4. The maximum atomic E-state index is 10.1. The first kappa shape index (κ1) is 44.9. The Bertz CT molecular complexity index is 731. The van der Waals surface area contributed by atoms with E-state index in [-0.39, 0.29) is 35.0 Å². The Hall–Kier alpha value is 0.280. The Kier molecular flexibility index (Phi) is 28.6. The largest absolute Gasteiger partial charge is 1.00 e. The fraction of sp³-hybridized carbons (Fsp3) is 1.00. The molecule has 0 aromatic rings. The van der Waals surface area contributed by atoms with E-state index in [4.69, 9.17) is 77.5 Å². The molecule has 12 N–H and O–H groups in total. The van der Waals surface area contributed by atoms with Crippen LogP contribution in [0.4, 0.5) is 0 Å². The Morgan fingerprint density at radius 2 is 0.839 bits per heavy atom. The van der Waals surface area contributed by atoms with Gasteiger partial charge in [-0.15, -0.1) is 0 Å². The molecule has 0 aliphatic heterocycles. The third kappa shape index (κ3) is 81.1. The number of rotatable bonds is 6. The van der Waals surface area contributed by atoms with Gasteiger partial charge in [-0.2, -0.15) is 33.7 Å². The van der Waals surface area contributed by atoms with Gasteiger partial charge < -0.3 is 25.9 Å². The minimum atomic E-state index is -4.87. The molecule has 0 fully saturated rings. The summed E-state index contributed by atoms with van der Waals surface area (Å²) in [6, 6.07) is 0. The molecular weight excluding hydrogens is 547 g/mol. The third-order valence-electron chi connectivity index (χ3n) is 1.48. The van der Waals surface area contributed by atoms with E-state index < -0.39 is 73.1 Å². The molecule has 31 heavy (non-hydrogen) atoms. The molecule has 0 spiro atoms. The van der Waals surface area contributed by atoms with Crippen molar-refractivity contribution in [1.82, 2.24) is 0 Å². The van der Waals surface area contributed by atoms with Crippen molar-refractivity contribution in [2.24, 2.45) is 5.92 Å². The molecule has 26 heteroatoms. The quantitative estimate of drug-likeness (QED) is 0.0807. The van der Waals surface area contributed by atoms with E-state index in [0.717, 1.165) is 0 Å². The number of aliphatic hydroxyl groups excluding tert-OH is 4. The summed E-state index contributed by atoms with van der Waals surface area (Å²) in [4.78, 5) is 0. The van der Waals surface area contributed by atoms with Gasteiger partial charge in [-0.1, -0.05) is 0 Å². The van der Waals surface area contributed by atoms with Crippen molar-refractivity contribution < 1.29 is 125 Å². The van der Waals surface area contributed by atoms with Gasteiger partial charge in [-0.25, -0.2) is 4.18 Å². The smallest absolute Gasteiger partial charge is 0.870 e. The van der Waals surface area contributed by atoms with Crippen molar-refractivity contribution in [3.05, 3.63) is 0 Å². The summed E-state index contributed by atoms with van der Waals surface area (Å²) in [6.45, 7) is -1.62. The van der Waals surface area contributed by atoms with Crippen LogP contribution in [-0.4, -0.2) is 117 Å². The Balaban J connectivity index is -0.0000000766. The van der Waals surface area contributed by atoms with E-state index in [2.05, 4.69) is 4.18 Å². The number of hydrogen-bond donors (Lipinski definition) is 11. The molecule has 0 aromatic carbocycles. The Labute approximate surface area is 197 Å². The van der Waals surface area contributed by atoms with Crippen molar-refractivity contribution >= 4 is 41.6 Å². The molecule has 0 aliphatic rings. The second-order valence-corrected chi connectivity index (χ2v) is 7.59. The SMILES string of the molecule is O=S(=O)(O)O.O=S(=O)(O)O.O=S(=O)(O)O.O=S(=O)(O)OC(O)C(CO)C(O)CO.[Na+].[OH-]. The van der Waals surface area contributed by atoms with Crippen molar-refractivity contribution in [3.63, 3.8) is 0 Å². The summed E-state index contributed by atoms with van der Waals surface area (Å²) < 4.78 is 127. The molecule has 0 aromatic heterocycles. The van der Waals surface area contributed by atoms with Crippen molar-refractivity contribution in [2.45, 2.75) is 12.4 Å². The van der Waals surface area contributed by atoms with Gasteiger partial charge in [0.15, 0.2) is 6.29 Å². The van der Waals surface area contributed by atoms with Crippen LogP contribution in [0, 0.1) is 5.92 Å². The minimum absolute atomic E-state index is 0. The summed E-state index contributed by atoms with van der Waals surface area (Å²) in [7, 11) is -18.9. The van der Waals surface area contributed by atoms with Crippen LogP contribution in [0.5, 0.6) is 0 Å². The molecular formula is C5H19NaO21S4. The van der Waals surface area contributed by atoms with Gasteiger partial charge in [0.1, 0.15) is 0 Å². The molecule has 190 valence electrons. The third-order valence-corrected chi connectivity index (χ3v) is 1.92. The summed E-state index contributed by atoms with van der Waals surface area (Å²) in [5, 5.41) is 35.0. The standard InChI is InChI=1S/C5H12O8S.Na.3H2O4S.H2O/c6-1-3(4(8)2-7)5(9)13-14(10,11)12;;3*1-5(2,3)4;/h3-9H,1-2H2,(H,10,11,12);;3*(H2,1,2,3,4);1H2/q;+1;;;;/p-1. The molecule has 0 saturated heterocycles. The normalized spacial score (nSPS) is 14.2. The molecule has 0 radical (unpaired) electrons. The van der Waals surface area contributed by atoms with Crippen LogP contribution in [0.25, 0.3) is 0 Å². The van der Waals surface area contributed by atoms with E-state index in [1.54, 1.807) is 0 Å². The Morgan fingerprint density at radius 1 is 0.613 bits per heavy atom. The zero-order valence-corrected chi connectivity index (χ0v) is 20.1. The average molecular weight is 566 g/mol. The molecule has 0 saturated carbocycles. The predicted octanol–water partition coefficient (Wildman–Crippen LogP) is -8.05. The zero-order valence-electron chi connectivity index (χ0n) is 14.8. The average Bonchev–Trinajstić information content (AvgIpc) is 2.30. The molecule has 3 atom stereocenters. The monoisotopic (exact) mass is 566 g/mol. The minimum Gasteiger partial charge on any atom is -0.870 e. The first-order chi connectivity index (χ1) is 12.3. The Morgan fingerprint density at radius 3 is 0.968 bits per heavy atom. The van der Waals surface area contributed by atoms with E-state index in [1.807, 2.05) is 0 Å². The van der Waals surface area contributed by atoms with Gasteiger partial charge in [-0.3, -0.25) is 31.9 Å². The van der Waals surface area contributed by atoms with Crippen LogP contribution in [-0.2, 0) is 45.8 Å². The van der Waals surface area contributed by atoms with Crippen LogP contribution in [0.1, 0.15) is 0 Å². The van der Waals surface area contributed by atoms with Crippen LogP contribution < -0.4 is 29.6 Å². The zero-order chi connectivity index (χ0) is 24.9. The van der Waals surface area contributed by atoms with Gasteiger partial charge in [-0.05, 0) is 0 Å². The van der Waals surface area contributed by atoms with Crippen molar-refractivity contribution in [1.29, 1.82) is 0 Å². The molecule has 0 rings (SSSR count).